The predicted molar refractivity (Wildman–Crippen MR) is 65.6 cm³/mol. The van der Waals surface area contributed by atoms with Crippen molar-refractivity contribution in [3.63, 3.8) is 0 Å². The number of rotatable bonds is 4. The first kappa shape index (κ1) is 13.0. The van der Waals surface area contributed by atoms with Gasteiger partial charge in [-0.2, -0.15) is 5.26 Å². The quantitative estimate of drug-likeness (QED) is 0.867. The molecule has 90 valence electrons. The Labute approximate surface area is 101 Å². The molecule has 1 unspecified atom stereocenters. The second-order valence-electron chi connectivity index (χ2n) is 4.00. The van der Waals surface area contributed by atoms with Gasteiger partial charge in [0, 0.05) is 0 Å². The molecule has 0 aromatic heterocycles. The van der Waals surface area contributed by atoms with Crippen molar-refractivity contribution >= 4 is 11.6 Å². The van der Waals surface area contributed by atoms with Gasteiger partial charge in [0.15, 0.2) is 0 Å². The molecule has 1 atom stereocenters. The van der Waals surface area contributed by atoms with Crippen LogP contribution in [0.25, 0.3) is 0 Å². The molecule has 0 saturated heterocycles. The summed E-state index contributed by atoms with van der Waals surface area (Å²) in [5.41, 5.74) is 0.591. The molecule has 0 spiro atoms. The Morgan fingerprint density at radius 1 is 1.35 bits per heavy atom. The van der Waals surface area contributed by atoms with Crippen LogP contribution >= 0.6 is 0 Å². The standard InChI is InChI=1S/C13H16N2O2/c1-9(2)17-12-7-5-4-6-11(12)15-13(16)10(3)8-14/h4-7,9-10H,1-3H3,(H,15,16). The van der Waals surface area contributed by atoms with Crippen molar-refractivity contribution in [3.05, 3.63) is 24.3 Å². The lowest BCUT2D eigenvalue weighted by atomic mass is 10.2. The zero-order valence-corrected chi connectivity index (χ0v) is 10.2. The van der Waals surface area contributed by atoms with Gasteiger partial charge in [0.05, 0.1) is 17.9 Å². The minimum atomic E-state index is -0.679. The molecule has 1 aromatic carbocycles. The van der Waals surface area contributed by atoms with E-state index in [9.17, 15) is 4.79 Å². The highest BCUT2D eigenvalue weighted by molar-refractivity contribution is 5.95. The van der Waals surface area contributed by atoms with E-state index >= 15 is 0 Å². The fourth-order valence-electron chi connectivity index (χ4n) is 1.23. The number of nitrogens with one attached hydrogen (secondary N) is 1. The molecule has 0 aliphatic rings. The number of hydrogen-bond acceptors (Lipinski definition) is 3. The molecule has 0 aliphatic carbocycles. The number of carbonyl (C=O) groups is 1. The molecule has 1 aromatic rings. The highest BCUT2D eigenvalue weighted by atomic mass is 16.5. The summed E-state index contributed by atoms with van der Waals surface area (Å²) in [6, 6.07) is 9.07. The zero-order valence-electron chi connectivity index (χ0n) is 10.2. The van der Waals surface area contributed by atoms with Crippen LogP contribution in [0.4, 0.5) is 5.69 Å². The number of hydrogen-bond donors (Lipinski definition) is 1. The third kappa shape index (κ3) is 3.80. The lowest BCUT2D eigenvalue weighted by Gasteiger charge is -2.15. The predicted octanol–water partition coefficient (Wildman–Crippen LogP) is 2.57. The van der Waals surface area contributed by atoms with Gasteiger partial charge in [-0.05, 0) is 32.9 Å². The van der Waals surface area contributed by atoms with E-state index in [4.69, 9.17) is 10.00 Å². The number of anilines is 1. The summed E-state index contributed by atoms with van der Waals surface area (Å²) in [4.78, 5) is 11.6. The van der Waals surface area contributed by atoms with Crippen LogP contribution in [0.5, 0.6) is 5.75 Å². The van der Waals surface area contributed by atoms with Crippen LogP contribution in [0, 0.1) is 17.2 Å². The number of ether oxygens (including phenoxy) is 1. The second-order valence-corrected chi connectivity index (χ2v) is 4.00. The number of amides is 1. The molecular formula is C13H16N2O2. The van der Waals surface area contributed by atoms with Crippen molar-refractivity contribution in [1.29, 1.82) is 5.26 Å². The van der Waals surface area contributed by atoms with E-state index in [2.05, 4.69) is 5.32 Å². The molecule has 0 fully saturated rings. The fraction of sp³-hybridized carbons (Fsp3) is 0.385. The molecule has 1 amide bonds. The molecule has 4 nitrogen and oxygen atoms in total. The Kier molecular flexibility index (Phi) is 4.53. The summed E-state index contributed by atoms with van der Waals surface area (Å²) in [7, 11) is 0. The Balaban J connectivity index is 2.84. The first-order chi connectivity index (χ1) is 8.04. The van der Waals surface area contributed by atoms with Crippen molar-refractivity contribution in [1.82, 2.24) is 0 Å². The maximum atomic E-state index is 11.6. The lowest BCUT2D eigenvalue weighted by Crippen LogP contribution is -2.20. The Hall–Kier alpha value is -2.02. The van der Waals surface area contributed by atoms with Crippen molar-refractivity contribution in [2.75, 3.05) is 5.32 Å². The fourth-order valence-corrected chi connectivity index (χ4v) is 1.23. The number of benzene rings is 1. The minimum absolute atomic E-state index is 0.0291. The van der Waals surface area contributed by atoms with Crippen LogP contribution in [0.15, 0.2) is 24.3 Å². The second kappa shape index (κ2) is 5.90. The first-order valence-corrected chi connectivity index (χ1v) is 5.50. The highest BCUT2D eigenvalue weighted by Crippen LogP contribution is 2.25. The van der Waals surface area contributed by atoms with Crippen LogP contribution in [0.3, 0.4) is 0 Å². The van der Waals surface area contributed by atoms with Gasteiger partial charge in [0.25, 0.3) is 0 Å². The van der Waals surface area contributed by atoms with Crippen molar-refractivity contribution in [3.8, 4) is 11.8 Å². The highest BCUT2D eigenvalue weighted by Gasteiger charge is 2.14. The third-order valence-electron chi connectivity index (χ3n) is 2.09. The number of para-hydroxylation sites is 2. The van der Waals surface area contributed by atoms with Crippen LogP contribution in [0.2, 0.25) is 0 Å². The summed E-state index contributed by atoms with van der Waals surface area (Å²) in [5.74, 6) is -0.393. The molecule has 0 bridgehead atoms. The van der Waals surface area contributed by atoms with E-state index in [0.717, 1.165) is 0 Å². The molecule has 17 heavy (non-hydrogen) atoms. The van der Waals surface area contributed by atoms with Gasteiger partial charge in [-0.15, -0.1) is 0 Å². The van der Waals surface area contributed by atoms with E-state index in [1.807, 2.05) is 26.0 Å². The maximum Gasteiger partial charge on any atom is 0.241 e. The van der Waals surface area contributed by atoms with Gasteiger partial charge >= 0.3 is 0 Å². The number of nitriles is 1. The topological polar surface area (TPSA) is 62.1 Å². The number of nitrogens with zero attached hydrogens (tertiary/aromatic N) is 1. The van der Waals surface area contributed by atoms with Crippen molar-refractivity contribution in [2.24, 2.45) is 5.92 Å². The molecule has 0 saturated carbocycles. The Bertz CT molecular complexity index is 435. The van der Waals surface area contributed by atoms with E-state index in [0.29, 0.717) is 11.4 Å². The van der Waals surface area contributed by atoms with Gasteiger partial charge in [0.2, 0.25) is 5.91 Å². The first-order valence-electron chi connectivity index (χ1n) is 5.50. The summed E-state index contributed by atoms with van der Waals surface area (Å²) in [6.45, 7) is 5.38. The molecule has 4 heteroatoms. The summed E-state index contributed by atoms with van der Waals surface area (Å²) in [5, 5.41) is 11.3. The lowest BCUT2D eigenvalue weighted by molar-refractivity contribution is -0.117. The molecule has 1 rings (SSSR count). The normalized spacial score (nSPS) is 11.7. The minimum Gasteiger partial charge on any atom is -0.489 e. The Morgan fingerprint density at radius 2 is 2.00 bits per heavy atom. The monoisotopic (exact) mass is 232 g/mol. The molecule has 0 radical (unpaired) electrons. The van der Waals surface area contributed by atoms with Gasteiger partial charge in [0.1, 0.15) is 11.7 Å². The molecule has 1 N–H and O–H groups in total. The van der Waals surface area contributed by atoms with E-state index < -0.39 is 5.92 Å². The van der Waals surface area contributed by atoms with Gasteiger partial charge < -0.3 is 10.1 Å². The largest absolute Gasteiger partial charge is 0.489 e. The van der Waals surface area contributed by atoms with Crippen LogP contribution in [-0.4, -0.2) is 12.0 Å². The number of carbonyl (C=O) groups excluding carboxylic acids is 1. The van der Waals surface area contributed by atoms with E-state index in [1.165, 1.54) is 0 Å². The van der Waals surface area contributed by atoms with Crippen LogP contribution in [0.1, 0.15) is 20.8 Å². The smallest absolute Gasteiger partial charge is 0.241 e. The van der Waals surface area contributed by atoms with Gasteiger partial charge in [-0.3, -0.25) is 4.79 Å². The average molecular weight is 232 g/mol. The van der Waals surface area contributed by atoms with E-state index in [-0.39, 0.29) is 12.0 Å². The summed E-state index contributed by atoms with van der Waals surface area (Å²) >= 11 is 0. The Morgan fingerprint density at radius 3 is 2.59 bits per heavy atom. The van der Waals surface area contributed by atoms with Crippen LogP contribution < -0.4 is 10.1 Å². The summed E-state index contributed by atoms with van der Waals surface area (Å²) < 4.78 is 5.56. The SMILES string of the molecule is CC(C)Oc1ccccc1NC(=O)C(C)C#N. The van der Waals surface area contributed by atoms with Gasteiger partial charge in [-0.25, -0.2) is 0 Å². The molecular weight excluding hydrogens is 216 g/mol. The van der Waals surface area contributed by atoms with E-state index in [1.54, 1.807) is 25.1 Å². The van der Waals surface area contributed by atoms with Crippen LogP contribution in [-0.2, 0) is 4.79 Å². The zero-order chi connectivity index (χ0) is 12.8. The molecule has 0 heterocycles. The average Bonchev–Trinajstić information content (AvgIpc) is 2.29. The molecule has 0 aliphatic heterocycles. The van der Waals surface area contributed by atoms with Crippen molar-refractivity contribution in [2.45, 2.75) is 26.9 Å². The van der Waals surface area contributed by atoms with Crippen molar-refractivity contribution < 1.29 is 9.53 Å². The summed E-state index contributed by atoms with van der Waals surface area (Å²) in [6.07, 6.45) is 0.0291. The maximum absolute atomic E-state index is 11.6. The van der Waals surface area contributed by atoms with Gasteiger partial charge in [-0.1, -0.05) is 12.1 Å². The third-order valence-corrected chi connectivity index (χ3v) is 2.09.